The fourth-order valence-electron chi connectivity index (χ4n) is 3.70. The fourth-order valence-corrected chi connectivity index (χ4v) is 3.70. The van der Waals surface area contributed by atoms with E-state index in [1.54, 1.807) is 11.8 Å². The molecule has 0 N–H and O–H groups in total. The van der Waals surface area contributed by atoms with Crippen LogP contribution in [0.5, 0.6) is 0 Å². The molecule has 124 valence electrons. The number of nitrogens with zero attached hydrogens (tertiary/aromatic N) is 2. The second-order valence-corrected chi connectivity index (χ2v) is 6.76. The van der Waals surface area contributed by atoms with Gasteiger partial charge in [0.1, 0.15) is 0 Å². The quantitative estimate of drug-likeness (QED) is 0.805. The summed E-state index contributed by atoms with van der Waals surface area (Å²) in [6, 6.07) is 8.06. The summed E-state index contributed by atoms with van der Waals surface area (Å²) in [5.41, 5.74) is 2.00. The number of piperidine rings is 2. The maximum absolute atomic E-state index is 12.7. The summed E-state index contributed by atoms with van der Waals surface area (Å²) in [5.74, 6) is 0.206. The zero-order valence-electron chi connectivity index (χ0n) is 14.0. The molecule has 1 amide bonds. The van der Waals surface area contributed by atoms with E-state index in [0.717, 1.165) is 38.0 Å². The summed E-state index contributed by atoms with van der Waals surface area (Å²) in [6.07, 6.45) is 5.63. The molecular weight excluding hydrogens is 288 g/mol. The number of likely N-dealkylation sites (tertiary alicyclic amines) is 1. The zero-order chi connectivity index (χ0) is 16.2. The van der Waals surface area contributed by atoms with Crippen molar-refractivity contribution in [1.82, 2.24) is 4.90 Å². The maximum Gasteiger partial charge on any atom is 0.219 e. The van der Waals surface area contributed by atoms with E-state index < -0.39 is 0 Å². The van der Waals surface area contributed by atoms with E-state index in [2.05, 4.69) is 17.0 Å². The molecule has 2 aliphatic heterocycles. The third kappa shape index (κ3) is 3.74. The van der Waals surface area contributed by atoms with Crippen molar-refractivity contribution < 1.29 is 9.59 Å². The molecule has 3 rings (SSSR count). The molecule has 0 spiro atoms. The molecule has 0 aromatic heterocycles. The summed E-state index contributed by atoms with van der Waals surface area (Å²) in [5, 5.41) is 0. The summed E-state index contributed by atoms with van der Waals surface area (Å²) < 4.78 is 0. The molecule has 1 aromatic rings. The molecule has 2 saturated heterocycles. The van der Waals surface area contributed by atoms with E-state index in [-0.39, 0.29) is 17.6 Å². The lowest BCUT2D eigenvalue weighted by Crippen LogP contribution is -2.41. The van der Waals surface area contributed by atoms with Crippen molar-refractivity contribution >= 4 is 17.4 Å². The zero-order valence-corrected chi connectivity index (χ0v) is 14.0. The first-order chi connectivity index (χ1) is 11.1. The highest BCUT2D eigenvalue weighted by molar-refractivity contribution is 5.98. The first-order valence-electron chi connectivity index (χ1n) is 8.80. The van der Waals surface area contributed by atoms with E-state index in [4.69, 9.17) is 0 Å². The van der Waals surface area contributed by atoms with Crippen molar-refractivity contribution in [2.75, 3.05) is 31.1 Å². The molecule has 0 aliphatic carbocycles. The van der Waals surface area contributed by atoms with Crippen LogP contribution < -0.4 is 4.90 Å². The van der Waals surface area contributed by atoms with Crippen molar-refractivity contribution in [2.45, 2.75) is 39.0 Å². The van der Waals surface area contributed by atoms with Crippen molar-refractivity contribution in [3.8, 4) is 0 Å². The van der Waals surface area contributed by atoms with Gasteiger partial charge >= 0.3 is 0 Å². The Balaban J connectivity index is 1.66. The molecule has 1 atom stereocenters. The molecular formula is C19H26N2O2. The molecule has 23 heavy (non-hydrogen) atoms. The lowest BCUT2D eigenvalue weighted by molar-refractivity contribution is -0.130. The summed E-state index contributed by atoms with van der Waals surface area (Å²) in [4.78, 5) is 28.4. The number of ketones is 1. The molecule has 2 heterocycles. The number of benzene rings is 1. The van der Waals surface area contributed by atoms with E-state index in [0.29, 0.717) is 6.54 Å². The van der Waals surface area contributed by atoms with Crippen molar-refractivity contribution in [1.29, 1.82) is 0 Å². The molecule has 1 aromatic carbocycles. The Kier molecular flexibility index (Phi) is 4.99. The van der Waals surface area contributed by atoms with Gasteiger partial charge in [0.25, 0.3) is 0 Å². The van der Waals surface area contributed by atoms with E-state index in [1.807, 2.05) is 12.1 Å². The van der Waals surface area contributed by atoms with Crippen LogP contribution in [0.15, 0.2) is 24.3 Å². The van der Waals surface area contributed by atoms with Gasteiger partial charge in [0.05, 0.1) is 0 Å². The first-order valence-corrected chi connectivity index (χ1v) is 8.80. The van der Waals surface area contributed by atoms with Gasteiger partial charge in [0.2, 0.25) is 5.91 Å². The Hall–Kier alpha value is -1.84. The van der Waals surface area contributed by atoms with Crippen molar-refractivity contribution in [2.24, 2.45) is 5.92 Å². The van der Waals surface area contributed by atoms with Crippen molar-refractivity contribution in [3.05, 3.63) is 29.8 Å². The first kappa shape index (κ1) is 16.0. The number of hydrogen-bond donors (Lipinski definition) is 0. The van der Waals surface area contributed by atoms with Gasteiger partial charge in [-0.3, -0.25) is 9.59 Å². The maximum atomic E-state index is 12.7. The molecule has 4 nitrogen and oxygen atoms in total. The van der Waals surface area contributed by atoms with Gasteiger partial charge in [-0.1, -0.05) is 0 Å². The number of anilines is 1. The number of carbonyl (C=O) groups is 2. The highest BCUT2D eigenvalue weighted by Gasteiger charge is 2.27. The third-order valence-electron chi connectivity index (χ3n) is 5.11. The summed E-state index contributed by atoms with van der Waals surface area (Å²) in [7, 11) is 0. The van der Waals surface area contributed by atoms with Crippen LogP contribution in [-0.4, -0.2) is 42.8 Å². The number of hydrogen-bond acceptors (Lipinski definition) is 3. The highest BCUT2D eigenvalue weighted by atomic mass is 16.2. The van der Waals surface area contributed by atoms with Crippen LogP contribution in [0.3, 0.4) is 0 Å². The second-order valence-electron chi connectivity index (χ2n) is 6.76. The Labute approximate surface area is 138 Å². The van der Waals surface area contributed by atoms with Crippen LogP contribution in [0.4, 0.5) is 5.69 Å². The van der Waals surface area contributed by atoms with Gasteiger partial charge in [-0.2, -0.15) is 0 Å². The van der Waals surface area contributed by atoms with E-state index >= 15 is 0 Å². The molecule has 0 bridgehead atoms. The average molecular weight is 314 g/mol. The van der Waals surface area contributed by atoms with Crippen LogP contribution in [0, 0.1) is 5.92 Å². The monoisotopic (exact) mass is 314 g/mol. The van der Waals surface area contributed by atoms with Gasteiger partial charge in [0.15, 0.2) is 5.78 Å². The Bertz CT molecular complexity index is 561. The predicted octanol–water partition coefficient (Wildman–Crippen LogP) is 3.12. The minimum atomic E-state index is -0.0477. The van der Waals surface area contributed by atoms with Gasteiger partial charge in [-0.05, 0) is 56.4 Å². The highest BCUT2D eigenvalue weighted by Crippen LogP contribution is 2.24. The third-order valence-corrected chi connectivity index (χ3v) is 5.11. The minimum Gasteiger partial charge on any atom is -0.372 e. The van der Waals surface area contributed by atoms with E-state index in [9.17, 15) is 9.59 Å². The van der Waals surface area contributed by atoms with Crippen LogP contribution in [0.25, 0.3) is 0 Å². The molecule has 0 saturated carbocycles. The Morgan fingerprint density at radius 2 is 1.65 bits per heavy atom. The fraction of sp³-hybridized carbons (Fsp3) is 0.579. The number of rotatable bonds is 3. The molecule has 1 unspecified atom stereocenters. The minimum absolute atomic E-state index is 0.0477. The number of Topliss-reactive ketones (excluding diaryl/α,β-unsaturated/α-hetero) is 1. The lowest BCUT2D eigenvalue weighted by Gasteiger charge is -2.31. The number of amides is 1. The van der Waals surface area contributed by atoms with Crippen LogP contribution in [-0.2, 0) is 4.79 Å². The van der Waals surface area contributed by atoms with Crippen LogP contribution in [0.1, 0.15) is 49.4 Å². The number of carbonyl (C=O) groups excluding carboxylic acids is 2. The average Bonchev–Trinajstić information content (AvgIpc) is 2.62. The standard InChI is InChI=1S/C19H26N2O2/c1-15(22)21-13-5-6-17(14-21)19(23)16-7-9-18(10-8-16)20-11-3-2-4-12-20/h7-10,17H,2-6,11-14H2,1H3. The van der Waals surface area contributed by atoms with Gasteiger partial charge in [0, 0.05) is 50.3 Å². The summed E-state index contributed by atoms with van der Waals surface area (Å²) >= 11 is 0. The molecule has 0 radical (unpaired) electrons. The topological polar surface area (TPSA) is 40.6 Å². The Morgan fingerprint density at radius 3 is 2.30 bits per heavy atom. The second kappa shape index (κ2) is 7.16. The molecule has 4 heteroatoms. The normalized spacial score (nSPS) is 22.0. The van der Waals surface area contributed by atoms with Crippen LogP contribution >= 0.6 is 0 Å². The predicted molar refractivity (Wildman–Crippen MR) is 91.8 cm³/mol. The molecule has 2 aliphatic rings. The smallest absolute Gasteiger partial charge is 0.219 e. The summed E-state index contributed by atoms with van der Waals surface area (Å²) in [6.45, 7) is 5.17. The van der Waals surface area contributed by atoms with Gasteiger partial charge < -0.3 is 9.80 Å². The lowest BCUT2D eigenvalue weighted by atomic mass is 9.90. The molecule has 2 fully saturated rings. The Morgan fingerprint density at radius 1 is 0.957 bits per heavy atom. The van der Waals surface area contributed by atoms with Crippen LogP contribution in [0.2, 0.25) is 0 Å². The van der Waals surface area contributed by atoms with E-state index in [1.165, 1.54) is 24.9 Å². The van der Waals surface area contributed by atoms with Crippen molar-refractivity contribution in [3.63, 3.8) is 0 Å². The largest absolute Gasteiger partial charge is 0.372 e. The SMILES string of the molecule is CC(=O)N1CCCC(C(=O)c2ccc(N3CCCCC3)cc2)C1. The van der Waals surface area contributed by atoms with Gasteiger partial charge in [-0.25, -0.2) is 0 Å². The van der Waals surface area contributed by atoms with Gasteiger partial charge in [-0.15, -0.1) is 0 Å².